The first-order chi connectivity index (χ1) is 6.20. The standard InChI is InChI=1S/C10H22N2O2/c1-9(2,3)14-12(8-13)7-10(4,5)6-11/h8H,6-7,11H2,1-5H3. The number of carbonyl (C=O) groups is 1. The summed E-state index contributed by atoms with van der Waals surface area (Å²) in [6, 6.07) is 0. The second-order valence-corrected chi connectivity index (χ2v) is 5.25. The van der Waals surface area contributed by atoms with Gasteiger partial charge in [0.25, 0.3) is 0 Å². The van der Waals surface area contributed by atoms with Crippen LogP contribution >= 0.6 is 0 Å². The van der Waals surface area contributed by atoms with Crippen molar-refractivity contribution < 1.29 is 9.63 Å². The highest BCUT2D eigenvalue weighted by atomic mass is 16.7. The smallest absolute Gasteiger partial charge is 0.233 e. The molecule has 0 aliphatic rings. The molecule has 0 aromatic carbocycles. The van der Waals surface area contributed by atoms with Crippen molar-refractivity contribution in [3.05, 3.63) is 0 Å². The van der Waals surface area contributed by atoms with E-state index in [9.17, 15) is 4.79 Å². The average molecular weight is 202 g/mol. The number of amides is 1. The maximum Gasteiger partial charge on any atom is 0.233 e. The predicted octanol–water partition coefficient (Wildman–Crippen LogP) is 1.16. The zero-order chi connectivity index (χ0) is 11.4. The van der Waals surface area contributed by atoms with Crippen molar-refractivity contribution in [1.29, 1.82) is 0 Å². The Morgan fingerprint density at radius 1 is 1.29 bits per heavy atom. The first kappa shape index (κ1) is 13.4. The van der Waals surface area contributed by atoms with E-state index in [1.54, 1.807) is 0 Å². The Balaban J connectivity index is 4.24. The Morgan fingerprint density at radius 3 is 2.07 bits per heavy atom. The van der Waals surface area contributed by atoms with E-state index >= 15 is 0 Å². The summed E-state index contributed by atoms with van der Waals surface area (Å²) in [5, 5.41) is 1.31. The lowest BCUT2D eigenvalue weighted by Gasteiger charge is -2.32. The Kier molecular flexibility index (Phi) is 4.55. The van der Waals surface area contributed by atoms with Gasteiger partial charge in [0.2, 0.25) is 6.41 Å². The van der Waals surface area contributed by atoms with Crippen LogP contribution in [0.1, 0.15) is 34.6 Å². The molecule has 0 radical (unpaired) electrons. The number of rotatable bonds is 5. The molecule has 1 amide bonds. The summed E-state index contributed by atoms with van der Waals surface area (Å²) in [6.07, 6.45) is 0.697. The number of hydrogen-bond acceptors (Lipinski definition) is 3. The Morgan fingerprint density at radius 2 is 1.79 bits per heavy atom. The lowest BCUT2D eigenvalue weighted by Crippen LogP contribution is -2.41. The van der Waals surface area contributed by atoms with E-state index in [0.717, 1.165) is 0 Å². The van der Waals surface area contributed by atoms with Crippen molar-refractivity contribution in [2.45, 2.75) is 40.2 Å². The molecule has 4 heteroatoms. The number of nitrogens with two attached hydrogens (primary N) is 1. The minimum atomic E-state index is -0.356. The number of hydroxylamine groups is 2. The molecule has 0 aliphatic carbocycles. The molecule has 4 nitrogen and oxygen atoms in total. The van der Waals surface area contributed by atoms with Crippen LogP contribution in [0.15, 0.2) is 0 Å². The molecule has 0 spiro atoms. The van der Waals surface area contributed by atoms with Gasteiger partial charge in [-0.15, -0.1) is 0 Å². The normalized spacial score (nSPS) is 12.7. The maximum atomic E-state index is 10.7. The highest BCUT2D eigenvalue weighted by molar-refractivity contribution is 5.45. The van der Waals surface area contributed by atoms with Crippen LogP contribution in [0, 0.1) is 5.41 Å². The predicted molar refractivity (Wildman–Crippen MR) is 56.4 cm³/mol. The van der Waals surface area contributed by atoms with Gasteiger partial charge in [0.1, 0.15) is 0 Å². The Bertz CT molecular complexity index is 185. The van der Waals surface area contributed by atoms with Gasteiger partial charge in [-0.05, 0) is 32.7 Å². The molecule has 2 N–H and O–H groups in total. The van der Waals surface area contributed by atoms with E-state index in [1.165, 1.54) is 5.06 Å². The van der Waals surface area contributed by atoms with Crippen molar-refractivity contribution in [3.63, 3.8) is 0 Å². The van der Waals surface area contributed by atoms with E-state index < -0.39 is 0 Å². The molecule has 84 valence electrons. The van der Waals surface area contributed by atoms with Gasteiger partial charge in [-0.2, -0.15) is 0 Å². The molecular formula is C10H22N2O2. The van der Waals surface area contributed by atoms with Gasteiger partial charge in [-0.3, -0.25) is 9.63 Å². The lowest BCUT2D eigenvalue weighted by molar-refractivity contribution is -0.223. The molecule has 0 unspecified atom stereocenters. The highest BCUT2D eigenvalue weighted by Crippen LogP contribution is 2.17. The van der Waals surface area contributed by atoms with Gasteiger partial charge in [-0.25, -0.2) is 5.06 Å². The molecule has 0 bridgehead atoms. The molecule has 0 saturated carbocycles. The first-order valence-corrected chi connectivity index (χ1v) is 4.81. The number of carbonyl (C=O) groups excluding carboxylic acids is 1. The van der Waals surface area contributed by atoms with Crippen LogP contribution in [0.5, 0.6) is 0 Å². The van der Waals surface area contributed by atoms with E-state index in [1.807, 2.05) is 34.6 Å². The third-order valence-electron chi connectivity index (χ3n) is 1.65. The van der Waals surface area contributed by atoms with Gasteiger partial charge in [-0.1, -0.05) is 13.8 Å². The number of hydrogen-bond donors (Lipinski definition) is 1. The summed E-state index contributed by atoms with van der Waals surface area (Å²) >= 11 is 0. The van der Waals surface area contributed by atoms with Gasteiger partial charge >= 0.3 is 0 Å². The largest absolute Gasteiger partial charge is 0.330 e. The van der Waals surface area contributed by atoms with Crippen LogP contribution in [-0.4, -0.2) is 30.2 Å². The quantitative estimate of drug-likeness (QED) is 0.537. The van der Waals surface area contributed by atoms with Crippen molar-refractivity contribution in [2.75, 3.05) is 13.1 Å². The molecular weight excluding hydrogens is 180 g/mol. The topological polar surface area (TPSA) is 55.6 Å². The molecule has 0 rings (SSSR count). The SMILES string of the molecule is CC(C)(CN)CN(C=O)OC(C)(C)C. The zero-order valence-electron chi connectivity index (χ0n) is 9.83. The van der Waals surface area contributed by atoms with Crippen molar-refractivity contribution in [1.82, 2.24) is 5.06 Å². The van der Waals surface area contributed by atoms with Gasteiger partial charge in [0, 0.05) is 0 Å². The summed E-state index contributed by atoms with van der Waals surface area (Å²) in [7, 11) is 0. The molecule has 0 atom stereocenters. The van der Waals surface area contributed by atoms with E-state index in [-0.39, 0.29) is 11.0 Å². The maximum absolute atomic E-state index is 10.7. The summed E-state index contributed by atoms with van der Waals surface area (Å²) < 4.78 is 0. The van der Waals surface area contributed by atoms with E-state index in [4.69, 9.17) is 10.6 Å². The Labute approximate surface area is 86.4 Å². The van der Waals surface area contributed by atoms with Crippen molar-refractivity contribution in [3.8, 4) is 0 Å². The summed E-state index contributed by atoms with van der Waals surface area (Å²) in [4.78, 5) is 16.2. The molecule has 14 heavy (non-hydrogen) atoms. The number of nitrogens with zero attached hydrogens (tertiary/aromatic N) is 1. The van der Waals surface area contributed by atoms with Gasteiger partial charge in [0.15, 0.2) is 0 Å². The van der Waals surface area contributed by atoms with E-state index in [0.29, 0.717) is 19.5 Å². The molecule has 0 aromatic heterocycles. The van der Waals surface area contributed by atoms with Gasteiger partial charge in [0.05, 0.1) is 12.1 Å². The molecule has 0 heterocycles. The molecule has 0 aliphatic heterocycles. The van der Waals surface area contributed by atoms with Gasteiger partial charge < -0.3 is 5.73 Å². The van der Waals surface area contributed by atoms with Crippen LogP contribution in [0.3, 0.4) is 0 Å². The van der Waals surface area contributed by atoms with Crippen LogP contribution < -0.4 is 5.73 Å². The van der Waals surface area contributed by atoms with Crippen LogP contribution in [-0.2, 0) is 9.63 Å². The van der Waals surface area contributed by atoms with Crippen LogP contribution in [0.4, 0.5) is 0 Å². The van der Waals surface area contributed by atoms with Crippen molar-refractivity contribution in [2.24, 2.45) is 11.1 Å². The minimum Gasteiger partial charge on any atom is -0.330 e. The zero-order valence-corrected chi connectivity index (χ0v) is 9.83. The van der Waals surface area contributed by atoms with Crippen LogP contribution in [0.2, 0.25) is 0 Å². The second kappa shape index (κ2) is 4.75. The van der Waals surface area contributed by atoms with Crippen LogP contribution in [0.25, 0.3) is 0 Å². The average Bonchev–Trinajstić information content (AvgIpc) is 2.00. The van der Waals surface area contributed by atoms with Crippen molar-refractivity contribution >= 4 is 6.41 Å². The highest BCUT2D eigenvalue weighted by Gasteiger charge is 2.23. The molecule has 0 fully saturated rings. The fourth-order valence-corrected chi connectivity index (χ4v) is 0.929. The third-order valence-corrected chi connectivity index (χ3v) is 1.65. The fourth-order valence-electron chi connectivity index (χ4n) is 0.929. The summed E-state index contributed by atoms with van der Waals surface area (Å²) in [5.74, 6) is 0. The van der Waals surface area contributed by atoms with E-state index in [2.05, 4.69) is 0 Å². The monoisotopic (exact) mass is 202 g/mol. The first-order valence-electron chi connectivity index (χ1n) is 4.81. The third kappa shape index (κ3) is 5.94. The Hall–Kier alpha value is -0.610. The lowest BCUT2D eigenvalue weighted by atomic mass is 9.94. The fraction of sp³-hybridized carbons (Fsp3) is 0.900. The second-order valence-electron chi connectivity index (χ2n) is 5.25. The summed E-state index contributed by atoms with van der Waals surface area (Å²) in [6.45, 7) is 10.7. The molecule has 0 aromatic rings. The summed E-state index contributed by atoms with van der Waals surface area (Å²) in [5.41, 5.74) is 5.10. The minimum absolute atomic E-state index is 0.119. The molecule has 0 saturated heterocycles.